The van der Waals surface area contributed by atoms with Gasteiger partial charge in [0.05, 0.1) is 6.61 Å². The molecule has 3 N–H and O–H groups in total. The molecule has 0 saturated carbocycles. The Balaban J connectivity index is 2.17. The highest BCUT2D eigenvalue weighted by atomic mass is 32.2. The van der Waals surface area contributed by atoms with Gasteiger partial charge >= 0.3 is 0 Å². The Morgan fingerprint density at radius 2 is 2.10 bits per heavy atom. The molecule has 110 valence electrons. The summed E-state index contributed by atoms with van der Waals surface area (Å²) in [7, 11) is -2.19. The molecule has 1 aromatic heterocycles. The summed E-state index contributed by atoms with van der Waals surface area (Å²) in [4.78, 5) is 0. The molecule has 1 heterocycles. The van der Waals surface area contributed by atoms with Crippen molar-refractivity contribution < 1.29 is 23.0 Å². The van der Waals surface area contributed by atoms with Crippen LogP contribution >= 0.6 is 11.3 Å². The van der Waals surface area contributed by atoms with E-state index in [-0.39, 0.29) is 17.4 Å². The molecule has 0 spiro atoms. The van der Waals surface area contributed by atoms with Crippen molar-refractivity contribution in [2.75, 3.05) is 20.3 Å². The van der Waals surface area contributed by atoms with E-state index >= 15 is 0 Å². The highest BCUT2D eigenvalue weighted by Crippen LogP contribution is 2.31. The van der Waals surface area contributed by atoms with Crippen LogP contribution in [-0.4, -0.2) is 40.0 Å². The maximum Gasteiger partial charge on any atom is 0.247 e. The summed E-state index contributed by atoms with van der Waals surface area (Å²) in [6.07, 6.45) is -0.709. The zero-order valence-electron chi connectivity index (χ0n) is 10.8. The van der Waals surface area contributed by atoms with Crippen LogP contribution in [0.1, 0.15) is 0 Å². The molecule has 0 bridgehead atoms. The van der Waals surface area contributed by atoms with Crippen molar-refractivity contribution in [1.29, 1.82) is 0 Å². The van der Waals surface area contributed by atoms with Gasteiger partial charge in [-0.1, -0.05) is 0 Å². The Bertz CT molecular complexity index is 695. The Labute approximate surface area is 120 Å². The van der Waals surface area contributed by atoms with Gasteiger partial charge < -0.3 is 14.6 Å². The van der Waals surface area contributed by atoms with Crippen molar-refractivity contribution in [2.24, 2.45) is 5.14 Å². The first kappa shape index (κ1) is 15.2. The number of sulfonamides is 1. The molecule has 6 nitrogen and oxygen atoms in total. The summed E-state index contributed by atoms with van der Waals surface area (Å²) >= 11 is 1.08. The summed E-state index contributed by atoms with van der Waals surface area (Å²) in [6, 6.07) is 6.70. The number of hydrogen-bond acceptors (Lipinski definition) is 6. The number of thiophene rings is 1. The Kier molecular flexibility index (Phi) is 4.61. The van der Waals surface area contributed by atoms with E-state index in [1.165, 1.54) is 13.2 Å². The number of methoxy groups -OCH3 is 1. The van der Waals surface area contributed by atoms with Crippen LogP contribution in [0.4, 0.5) is 0 Å². The molecule has 20 heavy (non-hydrogen) atoms. The Morgan fingerprint density at radius 1 is 1.35 bits per heavy atom. The van der Waals surface area contributed by atoms with E-state index in [9.17, 15) is 13.5 Å². The third-order valence-corrected chi connectivity index (χ3v) is 5.07. The number of benzene rings is 1. The van der Waals surface area contributed by atoms with Gasteiger partial charge in [-0.2, -0.15) is 0 Å². The summed E-state index contributed by atoms with van der Waals surface area (Å²) < 4.78 is 33.7. The van der Waals surface area contributed by atoms with E-state index in [1.807, 2.05) is 0 Å². The number of rotatable bonds is 6. The first-order valence-electron chi connectivity index (χ1n) is 5.76. The van der Waals surface area contributed by atoms with Crippen molar-refractivity contribution in [3.63, 3.8) is 0 Å². The van der Waals surface area contributed by atoms with E-state index in [0.29, 0.717) is 5.75 Å². The van der Waals surface area contributed by atoms with Crippen molar-refractivity contribution in [3.8, 4) is 5.75 Å². The van der Waals surface area contributed by atoms with Crippen LogP contribution in [0.15, 0.2) is 28.5 Å². The number of fused-ring (bicyclic) bond motifs is 1. The minimum Gasteiger partial charge on any atom is -0.491 e. The van der Waals surface area contributed by atoms with Crippen molar-refractivity contribution in [1.82, 2.24) is 0 Å². The van der Waals surface area contributed by atoms with Gasteiger partial charge in [-0.25, -0.2) is 13.6 Å². The third-order valence-electron chi connectivity index (χ3n) is 2.55. The van der Waals surface area contributed by atoms with Crippen molar-refractivity contribution in [2.45, 2.75) is 10.3 Å². The second kappa shape index (κ2) is 6.06. The van der Waals surface area contributed by atoms with E-state index in [2.05, 4.69) is 0 Å². The lowest BCUT2D eigenvalue weighted by atomic mass is 10.2. The molecule has 0 aliphatic heterocycles. The summed E-state index contributed by atoms with van der Waals surface area (Å²) in [5, 5.41) is 15.4. The summed E-state index contributed by atoms with van der Waals surface area (Å²) in [5.41, 5.74) is 0. The molecular formula is C12H15NO5S2. The van der Waals surface area contributed by atoms with Gasteiger partial charge in [0.1, 0.15) is 22.7 Å². The normalized spacial score (nSPS) is 13.6. The molecule has 1 unspecified atom stereocenters. The predicted octanol–water partition coefficient (Wildman–Crippen LogP) is 0.935. The molecule has 1 atom stereocenters. The van der Waals surface area contributed by atoms with Crippen LogP contribution < -0.4 is 9.88 Å². The van der Waals surface area contributed by atoms with E-state index in [4.69, 9.17) is 14.6 Å². The van der Waals surface area contributed by atoms with Crippen molar-refractivity contribution in [3.05, 3.63) is 24.3 Å². The van der Waals surface area contributed by atoms with Crippen LogP contribution in [0.3, 0.4) is 0 Å². The number of aliphatic hydroxyl groups is 1. The lowest BCUT2D eigenvalue weighted by molar-refractivity contribution is 0.0326. The van der Waals surface area contributed by atoms with E-state index < -0.39 is 16.1 Å². The summed E-state index contributed by atoms with van der Waals surface area (Å²) in [6.45, 7) is 0.295. The SMILES string of the molecule is COCC(O)COc1ccc2cc(S(N)(=O)=O)sc2c1. The van der Waals surface area contributed by atoms with Crippen LogP contribution in [0, 0.1) is 0 Å². The zero-order chi connectivity index (χ0) is 14.8. The summed E-state index contributed by atoms with van der Waals surface area (Å²) in [5.74, 6) is 0.551. The Morgan fingerprint density at radius 3 is 2.75 bits per heavy atom. The van der Waals surface area contributed by atoms with Gasteiger partial charge in [0.25, 0.3) is 0 Å². The average Bonchev–Trinajstić information content (AvgIpc) is 2.79. The number of primary sulfonamides is 1. The zero-order valence-corrected chi connectivity index (χ0v) is 12.4. The molecular weight excluding hydrogens is 302 g/mol. The Hall–Kier alpha value is -1.19. The van der Waals surface area contributed by atoms with E-state index in [0.717, 1.165) is 21.4 Å². The number of hydrogen-bond donors (Lipinski definition) is 2. The highest BCUT2D eigenvalue weighted by Gasteiger charge is 2.13. The molecule has 8 heteroatoms. The highest BCUT2D eigenvalue weighted by molar-refractivity contribution is 7.91. The topological polar surface area (TPSA) is 98.8 Å². The molecule has 0 saturated heterocycles. The van der Waals surface area contributed by atoms with Crippen LogP contribution in [0.5, 0.6) is 5.75 Å². The largest absolute Gasteiger partial charge is 0.491 e. The maximum absolute atomic E-state index is 11.3. The lowest BCUT2D eigenvalue weighted by Gasteiger charge is -2.11. The van der Waals surface area contributed by atoms with Gasteiger partial charge in [-0.3, -0.25) is 0 Å². The molecule has 0 fully saturated rings. The first-order valence-corrected chi connectivity index (χ1v) is 8.12. The fourth-order valence-electron chi connectivity index (χ4n) is 1.65. The monoisotopic (exact) mass is 317 g/mol. The van der Waals surface area contributed by atoms with Crippen LogP contribution in [-0.2, 0) is 14.8 Å². The fourth-order valence-corrected chi connectivity index (χ4v) is 3.50. The minimum atomic E-state index is -3.69. The lowest BCUT2D eigenvalue weighted by Crippen LogP contribution is -2.22. The molecule has 0 amide bonds. The predicted molar refractivity (Wildman–Crippen MR) is 76.6 cm³/mol. The van der Waals surface area contributed by atoms with Gasteiger partial charge in [0.2, 0.25) is 10.0 Å². The van der Waals surface area contributed by atoms with Gasteiger partial charge in [0, 0.05) is 11.8 Å². The second-order valence-electron chi connectivity index (χ2n) is 4.23. The molecule has 2 aromatic rings. The second-order valence-corrected chi connectivity index (χ2v) is 7.10. The quantitative estimate of drug-likeness (QED) is 0.826. The van der Waals surface area contributed by atoms with Gasteiger partial charge in [-0.05, 0) is 29.7 Å². The van der Waals surface area contributed by atoms with E-state index in [1.54, 1.807) is 18.2 Å². The molecule has 1 aromatic carbocycles. The molecule has 0 aliphatic carbocycles. The average molecular weight is 317 g/mol. The van der Waals surface area contributed by atoms with Crippen LogP contribution in [0.25, 0.3) is 10.1 Å². The maximum atomic E-state index is 11.3. The number of aliphatic hydroxyl groups excluding tert-OH is 1. The van der Waals surface area contributed by atoms with Crippen LogP contribution in [0.2, 0.25) is 0 Å². The molecule has 0 radical (unpaired) electrons. The van der Waals surface area contributed by atoms with Gasteiger partial charge in [0.15, 0.2) is 0 Å². The third kappa shape index (κ3) is 3.68. The first-order chi connectivity index (χ1) is 9.40. The minimum absolute atomic E-state index is 0.104. The fraction of sp³-hybridized carbons (Fsp3) is 0.333. The molecule has 0 aliphatic rings. The number of nitrogens with two attached hydrogens (primary N) is 1. The standard InChI is InChI=1S/C12H15NO5S2/c1-17-6-9(14)7-18-10-3-2-8-4-12(20(13,15)16)19-11(8)5-10/h2-5,9,14H,6-7H2,1H3,(H2,13,15,16). The smallest absolute Gasteiger partial charge is 0.247 e. The molecule has 2 rings (SSSR count). The van der Waals surface area contributed by atoms with Gasteiger partial charge in [-0.15, -0.1) is 11.3 Å². The number of ether oxygens (including phenoxy) is 2. The van der Waals surface area contributed by atoms with Crippen molar-refractivity contribution >= 4 is 31.4 Å².